The second-order valence-corrected chi connectivity index (χ2v) is 3.54. The molecule has 0 saturated heterocycles. The predicted molar refractivity (Wildman–Crippen MR) is 55.2 cm³/mol. The lowest BCUT2D eigenvalue weighted by molar-refractivity contribution is -0.140. The Balaban J connectivity index is 3.03. The molecule has 14 heavy (non-hydrogen) atoms. The van der Waals surface area contributed by atoms with Crippen molar-refractivity contribution in [1.82, 2.24) is 5.32 Å². The highest BCUT2D eigenvalue weighted by Crippen LogP contribution is 1.90. The van der Waals surface area contributed by atoms with Crippen molar-refractivity contribution in [3.8, 4) is 0 Å². The second kappa shape index (κ2) is 8.97. The average Bonchev–Trinajstić information content (AvgIpc) is 2.15. The maximum absolute atomic E-state index is 10.7. The lowest BCUT2D eigenvalue weighted by Gasteiger charge is -2.07. The van der Waals surface area contributed by atoms with Crippen LogP contribution in [0, 0.1) is 5.92 Å². The van der Waals surface area contributed by atoms with Gasteiger partial charge in [-0.1, -0.05) is 13.8 Å². The summed E-state index contributed by atoms with van der Waals surface area (Å²) in [5.41, 5.74) is 0. The van der Waals surface area contributed by atoms with E-state index < -0.39 is 0 Å². The normalized spacial score (nSPS) is 10.6. The second-order valence-electron chi connectivity index (χ2n) is 3.54. The van der Waals surface area contributed by atoms with Crippen LogP contribution in [-0.4, -0.2) is 39.4 Å². The minimum Gasteiger partial charge on any atom is -0.469 e. The molecule has 0 heterocycles. The van der Waals surface area contributed by atoms with Crippen LogP contribution in [0.3, 0.4) is 0 Å². The number of esters is 1. The SMILES string of the molecule is COC(=O)CCNCCOCC(C)C. The molecule has 0 radical (unpaired) electrons. The topological polar surface area (TPSA) is 47.6 Å². The van der Waals surface area contributed by atoms with E-state index >= 15 is 0 Å². The molecule has 1 N–H and O–H groups in total. The third-order valence-electron chi connectivity index (χ3n) is 1.61. The highest BCUT2D eigenvalue weighted by atomic mass is 16.5. The Labute approximate surface area is 86.0 Å². The first-order valence-corrected chi connectivity index (χ1v) is 5.02. The number of methoxy groups -OCH3 is 1. The molecule has 0 rings (SSSR count). The van der Waals surface area contributed by atoms with Gasteiger partial charge in [0.25, 0.3) is 0 Å². The fraction of sp³-hybridized carbons (Fsp3) is 0.900. The summed E-state index contributed by atoms with van der Waals surface area (Å²) in [6.07, 6.45) is 0.417. The van der Waals surface area contributed by atoms with E-state index in [4.69, 9.17) is 4.74 Å². The third-order valence-corrected chi connectivity index (χ3v) is 1.61. The first-order valence-electron chi connectivity index (χ1n) is 5.02. The zero-order chi connectivity index (χ0) is 10.8. The molecular formula is C10H21NO3. The number of nitrogens with one attached hydrogen (secondary N) is 1. The van der Waals surface area contributed by atoms with E-state index in [0.29, 0.717) is 25.5 Å². The average molecular weight is 203 g/mol. The molecule has 4 nitrogen and oxygen atoms in total. The Bertz CT molecular complexity index is 148. The van der Waals surface area contributed by atoms with Crippen LogP contribution in [-0.2, 0) is 14.3 Å². The van der Waals surface area contributed by atoms with Gasteiger partial charge in [-0.05, 0) is 5.92 Å². The van der Waals surface area contributed by atoms with Gasteiger partial charge in [-0.3, -0.25) is 4.79 Å². The molecule has 0 fully saturated rings. The molecule has 0 aromatic carbocycles. The Hall–Kier alpha value is -0.610. The molecule has 0 aliphatic heterocycles. The molecule has 0 amide bonds. The summed E-state index contributed by atoms with van der Waals surface area (Å²) >= 11 is 0. The van der Waals surface area contributed by atoms with Crippen molar-refractivity contribution in [1.29, 1.82) is 0 Å². The van der Waals surface area contributed by atoms with E-state index in [1.807, 2.05) is 0 Å². The van der Waals surface area contributed by atoms with Crippen molar-refractivity contribution >= 4 is 5.97 Å². The Morgan fingerprint density at radius 2 is 2.07 bits per heavy atom. The van der Waals surface area contributed by atoms with Gasteiger partial charge in [0, 0.05) is 19.7 Å². The highest BCUT2D eigenvalue weighted by molar-refractivity contribution is 5.69. The van der Waals surface area contributed by atoms with Gasteiger partial charge in [-0.2, -0.15) is 0 Å². The van der Waals surface area contributed by atoms with Gasteiger partial charge in [0.2, 0.25) is 0 Å². The fourth-order valence-corrected chi connectivity index (χ4v) is 0.881. The molecule has 0 aliphatic carbocycles. The molecule has 0 spiro atoms. The van der Waals surface area contributed by atoms with Gasteiger partial charge in [-0.25, -0.2) is 0 Å². The molecule has 84 valence electrons. The van der Waals surface area contributed by atoms with Gasteiger partial charge >= 0.3 is 5.97 Å². The maximum Gasteiger partial charge on any atom is 0.306 e. The minimum absolute atomic E-state index is 0.180. The zero-order valence-corrected chi connectivity index (χ0v) is 9.34. The summed E-state index contributed by atoms with van der Waals surface area (Å²) in [6.45, 7) is 7.15. The van der Waals surface area contributed by atoms with Crippen LogP contribution >= 0.6 is 0 Å². The lowest BCUT2D eigenvalue weighted by atomic mass is 10.2. The number of carbonyl (C=O) groups excluding carboxylic acids is 1. The summed E-state index contributed by atoms with van der Waals surface area (Å²) in [5, 5.41) is 3.10. The molecule has 0 aromatic heterocycles. The zero-order valence-electron chi connectivity index (χ0n) is 9.34. The van der Waals surface area contributed by atoms with E-state index in [0.717, 1.165) is 13.2 Å². The fourth-order valence-electron chi connectivity index (χ4n) is 0.881. The number of ether oxygens (including phenoxy) is 2. The maximum atomic E-state index is 10.7. The van der Waals surface area contributed by atoms with E-state index in [2.05, 4.69) is 23.9 Å². The van der Waals surface area contributed by atoms with Crippen molar-refractivity contribution in [3.63, 3.8) is 0 Å². The van der Waals surface area contributed by atoms with Crippen LogP contribution in [0.1, 0.15) is 20.3 Å². The van der Waals surface area contributed by atoms with Crippen LogP contribution in [0.5, 0.6) is 0 Å². The minimum atomic E-state index is -0.180. The molecule has 0 bridgehead atoms. The van der Waals surface area contributed by atoms with Gasteiger partial charge in [0.05, 0.1) is 20.1 Å². The summed E-state index contributed by atoms with van der Waals surface area (Å²) in [7, 11) is 1.40. The van der Waals surface area contributed by atoms with Crippen LogP contribution in [0.2, 0.25) is 0 Å². The van der Waals surface area contributed by atoms with Gasteiger partial charge in [0.1, 0.15) is 0 Å². The summed E-state index contributed by atoms with van der Waals surface area (Å²) in [5.74, 6) is 0.394. The number of hydrogen-bond acceptors (Lipinski definition) is 4. The van der Waals surface area contributed by atoms with Crippen molar-refractivity contribution in [2.45, 2.75) is 20.3 Å². The molecular weight excluding hydrogens is 182 g/mol. The molecule has 0 saturated carbocycles. The van der Waals surface area contributed by atoms with Gasteiger partial charge in [-0.15, -0.1) is 0 Å². The smallest absolute Gasteiger partial charge is 0.306 e. The van der Waals surface area contributed by atoms with Crippen LogP contribution in [0.15, 0.2) is 0 Å². The number of hydrogen-bond donors (Lipinski definition) is 1. The first-order chi connectivity index (χ1) is 6.66. The van der Waals surface area contributed by atoms with E-state index in [-0.39, 0.29) is 5.97 Å². The third kappa shape index (κ3) is 9.48. The van der Waals surface area contributed by atoms with Crippen molar-refractivity contribution in [2.24, 2.45) is 5.92 Å². The van der Waals surface area contributed by atoms with E-state index in [1.54, 1.807) is 0 Å². The molecule has 0 aromatic rings. The Morgan fingerprint density at radius 1 is 1.36 bits per heavy atom. The van der Waals surface area contributed by atoms with Crippen molar-refractivity contribution in [2.75, 3.05) is 33.4 Å². The van der Waals surface area contributed by atoms with Crippen LogP contribution in [0.25, 0.3) is 0 Å². The predicted octanol–water partition coefficient (Wildman–Crippen LogP) is 0.812. The van der Waals surface area contributed by atoms with Crippen molar-refractivity contribution < 1.29 is 14.3 Å². The Morgan fingerprint density at radius 3 is 2.64 bits per heavy atom. The number of carbonyl (C=O) groups is 1. The Kier molecular flexibility index (Phi) is 8.57. The van der Waals surface area contributed by atoms with Crippen LogP contribution < -0.4 is 5.32 Å². The standard InChI is InChI=1S/C10H21NO3/c1-9(2)8-14-7-6-11-5-4-10(12)13-3/h9,11H,4-8H2,1-3H3. The first kappa shape index (κ1) is 13.4. The largest absolute Gasteiger partial charge is 0.469 e. The number of rotatable bonds is 8. The summed E-state index contributed by atoms with van der Waals surface area (Å²) in [6, 6.07) is 0. The van der Waals surface area contributed by atoms with Gasteiger partial charge < -0.3 is 14.8 Å². The van der Waals surface area contributed by atoms with Crippen molar-refractivity contribution in [3.05, 3.63) is 0 Å². The molecule has 0 unspecified atom stereocenters. The lowest BCUT2D eigenvalue weighted by Crippen LogP contribution is -2.23. The quantitative estimate of drug-likeness (QED) is 0.468. The van der Waals surface area contributed by atoms with Gasteiger partial charge in [0.15, 0.2) is 0 Å². The molecule has 4 heteroatoms. The van der Waals surface area contributed by atoms with E-state index in [9.17, 15) is 4.79 Å². The summed E-state index contributed by atoms with van der Waals surface area (Å²) < 4.78 is 9.85. The summed E-state index contributed by atoms with van der Waals surface area (Å²) in [4.78, 5) is 10.7. The molecule has 0 aliphatic rings. The highest BCUT2D eigenvalue weighted by Gasteiger charge is 1.98. The van der Waals surface area contributed by atoms with Crippen LogP contribution in [0.4, 0.5) is 0 Å². The van der Waals surface area contributed by atoms with E-state index in [1.165, 1.54) is 7.11 Å². The molecule has 0 atom stereocenters. The monoisotopic (exact) mass is 203 g/mol.